The zero-order valence-electron chi connectivity index (χ0n) is 62.2. The molecule has 0 amide bonds. The first-order valence-corrected chi connectivity index (χ1v) is 37.8. The van der Waals surface area contributed by atoms with Crippen LogP contribution in [0.4, 0.5) is 0 Å². The van der Waals surface area contributed by atoms with Crippen LogP contribution in [0.5, 0.6) is 0 Å². The lowest BCUT2D eigenvalue weighted by molar-refractivity contribution is 0.745. The summed E-state index contributed by atoms with van der Waals surface area (Å²) in [4.78, 5) is 0. The maximum Gasteiger partial charge on any atom is 0.0713 e. The molecule has 0 fully saturated rings. The second kappa shape index (κ2) is 42.1. The molecule has 0 N–H and O–H groups in total. The first kappa shape index (κ1) is 76.1. The third-order valence-corrected chi connectivity index (χ3v) is 18.7. The monoisotopic (exact) mass is 1390 g/mol. The summed E-state index contributed by atoms with van der Waals surface area (Å²) in [6.07, 6.45) is 4.18. The molecule has 0 aromatic heterocycles. The van der Waals surface area contributed by atoms with Gasteiger partial charge >= 0.3 is 0 Å². The molecule has 0 spiro atoms. The minimum Gasteiger partial charge on any atom is -0.0656 e. The summed E-state index contributed by atoms with van der Waals surface area (Å²) in [5.41, 5.74) is 20.8. The van der Waals surface area contributed by atoms with Crippen molar-refractivity contribution >= 4 is 10.8 Å². The van der Waals surface area contributed by atoms with E-state index in [-0.39, 0.29) is 10.8 Å². The van der Waals surface area contributed by atoms with E-state index in [9.17, 15) is 0 Å². The third-order valence-electron chi connectivity index (χ3n) is 18.7. The Kier molecular flexibility index (Phi) is 29.7. The minimum atomic E-state index is -0.328. The molecule has 0 saturated heterocycles. The maximum atomic E-state index is 2.37. The van der Waals surface area contributed by atoms with E-state index in [0.717, 1.165) is 19.3 Å². The summed E-state index contributed by atoms with van der Waals surface area (Å²) in [5.74, 6) is 0. The number of fused-ring (bicyclic) bond motifs is 4. The largest absolute Gasteiger partial charge is 0.0713 e. The van der Waals surface area contributed by atoms with E-state index in [4.69, 9.17) is 0 Å². The quantitative estimate of drug-likeness (QED) is 0.107. The fraction of sp³-hybridized carbons (Fsp3) is 0.0741. The predicted molar refractivity (Wildman–Crippen MR) is 462 cm³/mol. The van der Waals surface area contributed by atoms with E-state index >= 15 is 0 Å². The zero-order valence-corrected chi connectivity index (χ0v) is 62.2. The molecular weight excluding hydrogens is 1300 g/mol. The summed E-state index contributed by atoms with van der Waals surface area (Å²) in [7, 11) is 0. The molecule has 0 heterocycles. The molecule has 0 atom stereocenters. The molecule has 0 nitrogen and oxygen atoms in total. The average molecular weight is 1390 g/mol. The van der Waals surface area contributed by atoms with Gasteiger partial charge in [-0.15, -0.1) is 0 Å². The summed E-state index contributed by atoms with van der Waals surface area (Å²) >= 11 is 0. The van der Waals surface area contributed by atoms with Gasteiger partial charge in [-0.2, -0.15) is 0 Å². The minimum absolute atomic E-state index is 0.254. The Morgan fingerprint density at radius 2 is 0.361 bits per heavy atom. The highest BCUT2D eigenvalue weighted by molar-refractivity contribution is 5.86. The molecule has 0 unspecified atom stereocenters. The topological polar surface area (TPSA) is 0 Å². The Morgan fingerprint density at radius 1 is 0.185 bits per heavy atom. The van der Waals surface area contributed by atoms with Crippen molar-refractivity contribution < 1.29 is 0 Å². The van der Waals surface area contributed by atoms with Crippen molar-refractivity contribution in [3.63, 3.8) is 0 Å². The maximum absolute atomic E-state index is 2.37. The smallest absolute Gasteiger partial charge is 0.0656 e. The van der Waals surface area contributed by atoms with Crippen LogP contribution in [-0.2, 0) is 30.1 Å². The van der Waals surface area contributed by atoms with Crippen LogP contribution < -0.4 is 0 Å². The fourth-order valence-electron chi connectivity index (χ4n) is 14.1. The molecule has 528 valence electrons. The lowest BCUT2D eigenvalue weighted by Gasteiger charge is -2.36. The molecule has 0 radical (unpaired) electrons. The predicted octanol–water partition coefficient (Wildman–Crippen LogP) is 27.9. The first-order chi connectivity index (χ1) is 53.6. The van der Waals surface area contributed by atoms with E-state index in [2.05, 4.69) is 402 Å². The molecule has 17 aromatic carbocycles. The summed E-state index contributed by atoms with van der Waals surface area (Å²) in [5, 5.41) is 2.62. The Hall–Kier alpha value is -13.0. The van der Waals surface area contributed by atoms with E-state index < -0.39 is 0 Å². The van der Waals surface area contributed by atoms with Gasteiger partial charge in [0.05, 0.1) is 10.8 Å². The molecule has 0 aliphatic heterocycles. The average Bonchev–Trinajstić information content (AvgIpc) is 1.52. The van der Waals surface area contributed by atoms with Gasteiger partial charge in [-0.1, -0.05) is 518 Å². The lowest BCUT2D eigenvalue weighted by atomic mass is 9.65. The normalized spacial score (nSPS) is 10.9. The molecule has 108 heavy (non-hydrogen) atoms. The van der Waals surface area contributed by atoms with E-state index in [1.165, 1.54) is 106 Å². The summed E-state index contributed by atoms with van der Waals surface area (Å²) < 4.78 is 0. The number of rotatable bonds is 12. The van der Waals surface area contributed by atoms with E-state index in [0.29, 0.717) is 0 Å². The highest BCUT2D eigenvalue weighted by Crippen LogP contribution is 2.56. The van der Waals surface area contributed by atoms with E-state index in [1.807, 2.05) is 109 Å². The van der Waals surface area contributed by atoms with Gasteiger partial charge in [-0.3, -0.25) is 0 Å². The van der Waals surface area contributed by atoms with Crippen molar-refractivity contribution in [1.29, 1.82) is 0 Å². The number of hydrogen-bond acceptors (Lipinski definition) is 0. The van der Waals surface area contributed by atoms with Gasteiger partial charge in [0.15, 0.2) is 0 Å². The Labute approximate surface area is 643 Å². The zero-order chi connectivity index (χ0) is 74.2. The van der Waals surface area contributed by atoms with Crippen LogP contribution in [0.3, 0.4) is 0 Å². The van der Waals surface area contributed by atoms with Crippen molar-refractivity contribution in [2.24, 2.45) is 0 Å². The van der Waals surface area contributed by atoms with Crippen LogP contribution in [0.15, 0.2) is 497 Å². The molecule has 18 rings (SSSR count). The van der Waals surface area contributed by atoms with Crippen molar-refractivity contribution in [2.75, 3.05) is 0 Å². The van der Waals surface area contributed by atoms with Gasteiger partial charge in [-0.25, -0.2) is 0 Å². The standard InChI is InChI=1S/C27H24.C25H18.C25H20.C10H8.3C6H6.C3H8/c1-4-10-22(11-5-1)16-25-19-26(17-23-12-6-2-7-13-23)21-27(20-25)18-24-14-8-3-9-15-24;1-3-11-19(12-4-1)25(20-13-5-2-6-14-20)23-17-9-7-15-21(23)22-16-8-10-18-24(22)25;1-5-13-21(14-6-1)25(22-15-7-2-8-16-22,23-17-9-3-10-18-23)24-19-11-4-12-20-24;1-2-6-10-8-4-3-7-9(10)5-1;3*1-2-4-6-5-3-1;1-3-2/h1-15,19-21H,16-18H2;1-18H;1-20H;1-8H;3*1-6H;3H2,1-2H3. The lowest BCUT2D eigenvalue weighted by Crippen LogP contribution is -2.30. The Bertz CT molecular complexity index is 4490. The van der Waals surface area contributed by atoms with Crippen LogP contribution in [0.2, 0.25) is 0 Å². The number of benzene rings is 17. The molecule has 17 aromatic rings. The van der Waals surface area contributed by atoms with Crippen molar-refractivity contribution in [3.05, 3.63) is 575 Å². The second-order valence-corrected chi connectivity index (χ2v) is 26.5. The fourth-order valence-corrected chi connectivity index (χ4v) is 14.1. The summed E-state index contributed by atoms with van der Waals surface area (Å²) in [6.45, 7) is 4.25. The SMILES string of the molecule is CCC.c1ccc(C(c2ccccc2)(c2ccccc2)c2ccccc2)cc1.c1ccc(C2(c3ccccc3)c3ccccc3-c3ccccc32)cc1.c1ccc(Cc2cc(Cc3ccccc3)cc(Cc3ccccc3)c2)cc1.c1ccc2ccccc2c1.c1ccccc1.c1ccccc1.c1ccccc1. The summed E-state index contributed by atoms with van der Waals surface area (Å²) in [6, 6.07) is 175. The Balaban J connectivity index is 0.000000134. The second-order valence-electron chi connectivity index (χ2n) is 26.5. The van der Waals surface area contributed by atoms with Crippen LogP contribution in [-0.4, -0.2) is 0 Å². The van der Waals surface area contributed by atoms with Crippen molar-refractivity contribution in [3.8, 4) is 11.1 Å². The van der Waals surface area contributed by atoms with Gasteiger partial charge in [0.1, 0.15) is 0 Å². The Morgan fingerprint density at radius 3 is 0.593 bits per heavy atom. The molecule has 1 aliphatic carbocycles. The molecule has 0 heteroatoms. The molecule has 0 saturated carbocycles. The molecule has 0 bridgehead atoms. The molecule has 1 aliphatic rings. The molecular formula is C108H96. The highest BCUT2D eigenvalue weighted by Gasteiger charge is 2.45. The van der Waals surface area contributed by atoms with Crippen molar-refractivity contribution in [2.45, 2.75) is 50.4 Å². The van der Waals surface area contributed by atoms with Crippen LogP contribution in [0, 0.1) is 0 Å². The third kappa shape index (κ3) is 21.1. The number of hydrogen-bond donors (Lipinski definition) is 0. The van der Waals surface area contributed by atoms with Gasteiger partial charge in [0.25, 0.3) is 0 Å². The van der Waals surface area contributed by atoms with E-state index in [1.54, 1.807) is 0 Å². The van der Waals surface area contributed by atoms with Crippen LogP contribution in [0.25, 0.3) is 21.9 Å². The van der Waals surface area contributed by atoms with Gasteiger partial charge in [-0.05, 0) is 119 Å². The van der Waals surface area contributed by atoms with Gasteiger partial charge in [0, 0.05) is 0 Å². The van der Waals surface area contributed by atoms with Gasteiger partial charge < -0.3 is 0 Å². The van der Waals surface area contributed by atoms with Crippen LogP contribution in [0.1, 0.15) is 98.2 Å². The van der Waals surface area contributed by atoms with Crippen LogP contribution >= 0.6 is 0 Å². The first-order valence-electron chi connectivity index (χ1n) is 37.8. The van der Waals surface area contributed by atoms with Gasteiger partial charge in [0.2, 0.25) is 0 Å². The highest BCUT2D eigenvalue weighted by atomic mass is 14.5. The van der Waals surface area contributed by atoms with Crippen molar-refractivity contribution in [1.82, 2.24) is 0 Å².